The van der Waals surface area contributed by atoms with Gasteiger partial charge in [0.15, 0.2) is 0 Å². The third-order valence-corrected chi connectivity index (χ3v) is 2.11. The Balaban J connectivity index is 0.000000720. The molecule has 1 aliphatic heterocycles. The molecule has 0 amide bonds. The fourth-order valence-corrected chi connectivity index (χ4v) is 1.52. The number of hydrogen-bond acceptors (Lipinski definition) is 2. The summed E-state index contributed by atoms with van der Waals surface area (Å²) in [7, 11) is 0. The molecule has 0 unspecified atom stereocenters. The second kappa shape index (κ2) is 6.19. The summed E-state index contributed by atoms with van der Waals surface area (Å²) in [4.78, 5) is 4.30. The predicted octanol–water partition coefficient (Wildman–Crippen LogP) is 2.35. The number of nitrogens with one attached hydrogen (secondary N) is 1. The molecule has 1 N–H and O–H groups in total. The van der Waals surface area contributed by atoms with E-state index in [0.29, 0.717) is 6.04 Å². The van der Waals surface area contributed by atoms with Gasteiger partial charge in [0.2, 0.25) is 0 Å². The summed E-state index contributed by atoms with van der Waals surface area (Å²) in [6, 6.07) is 6.60. The van der Waals surface area contributed by atoms with Crippen molar-refractivity contribution in [3.05, 3.63) is 30.1 Å². The minimum absolute atomic E-state index is 0. The van der Waals surface area contributed by atoms with Gasteiger partial charge in [-0.1, -0.05) is 6.07 Å². The van der Waals surface area contributed by atoms with Crippen molar-refractivity contribution in [3.63, 3.8) is 0 Å². The van der Waals surface area contributed by atoms with Crippen molar-refractivity contribution < 1.29 is 0 Å². The number of aromatic nitrogens is 1. The molecule has 1 saturated heterocycles. The molecule has 0 aliphatic carbocycles. The van der Waals surface area contributed by atoms with E-state index in [1.165, 1.54) is 18.5 Å². The monoisotopic (exact) mass is 220 g/mol. The summed E-state index contributed by atoms with van der Waals surface area (Å²) < 4.78 is 0. The van der Waals surface area contributed by atoms with Crippen molar-refractivity contribution in [3.8, 4) is 0 Å². The Hall–Kier alpha value is -0.310. The quantitative estimate of drug-likeness (QED) is 0.787. The van der Waals surface area contributed by atoms with Gasteiger partial charge in [-0.3, -0.25) is 4.98 Å². The van der Waals surface area contributed by atoms with Crippen LogP contribution in [0.2, 0.25) is 0 Å². The van der Waals surface area contributed by atoms with Crippen molar-refractivity contribution in [2.75, 3.05) is 6.54 Å². The molecular formula is C9H14Cl2N2. The number of nitrogens with zero attached hydrogens (tertiary/aromatic N) is 1. The van der Waals surface area contributed by atoms with E-state index in [2.05, 4.69) is 16.4 Å². The van der Waals surface area contributed by atoms with Gasteiger partial charge in [-0.15, -0.1) is 24.8 Å². The average Bonchev–Trinajstić information content (AvgIpc) is 2.58. The number of hydrogen-bond donors (Lipinski definition) is 1. The molecule has 2 heterocycles. The topological polar surface area (TPSA) is 24.9 Å². The Kier molecular flexibility index (Phi) is 6.04. The van der Waals surface area contributed by atoms with Crippen LogP contribution < -0.4 is 5.32 Å². The first kappa shape index (κ1) is 12.7. The number of pyridine rings is 1. The fraction of sp³-hybridized carbons (Fsp3) is 0.444. The van der Waals surface area contributed by atoms with Crippen molar-refractivity contribution in [1.82, 2.24) is 10.3 Å². The Morgan fingerprint density at radius 1 is 1.31 bits per heavy atom. The van der Waals surface area contributed by atoms with Crippen LogP contribution in [0, 0.1) is 0 Å². The van der Waals surface area contributed by atoms with Crippen LogP contribution in [0.25, 0.3) is 0 Å². The van der Waals surface area contributed by atoms with Crippen molar-refractivity contribution in [2.24, 2.45) is 0 Å². The van der Waals surface area contributed by atoms with Crippen LogP contribution in [-0.2, 0) is 0 Å². The molecule has 0 saturated carbocycles. The SMILES string of the molecule is Cl.Cl.c1ccc([C@@H]2CCCN2)nc1. The average molecular weight is 221 g/mol. The first-order valence-electron chi connectivity index (χ1n) is 4.11. The van der Waals surface area contributed by atoms with E-state index in [9.17, 15) is 0 Å². The molecule has 2 rings (SSSR count). The van der Waals surface area contributed by atoms with Crippen molar-refractivity contribution >= 4 is 24.8 Å². The lowest BCUT2D eigenvalue weighted by Gasteiger charge is -2.07. The Labute approximate surface area is 91.0 Å². The molecule has 0 bridgehead atoms. The molecule has 1 atom stereocenters. The third-order valence-electron chi connectivity index (χ3n) is 2.11. The molecule has 0 radical (unpaired) electrons. The van der Waals surface area contributed by atoms with Gasteiger partial charge in [-0.05, 0) is 31.5 Å². The van der Waals surface area contributed by atoms with Gasteiger partial charge in [-0.25, -0.2) is 0 Å². The Bertz CT molecular complexity index is 222. The van der Waals surface area contributed by atoms with E-state index in [-0.39, 0.29) is 24.8 Å². The van der Waals surface area contributed by atoms with Gasteiger partial charge >= 0.3 is 0 Å². The summed E-state index contributed by atoms with van der Waals surface area (Å²) in [5.74, 6) is 0. The minimum Gasteiger partial charge on any atom is -0.309 e. The summed E-state index contributed by atoms with van der Waals surface area (Å²) in [6.07, 6.45) is 4.37. The lowest BCUT2D eigenvalue weighted by molar-refractivity contribution is 0.628. The summed E-state index contributed by atoms with van der Waals surface area (Å²) >= 11 is 0. The van der Waals surface area contributed by atoms with E-state index in [0.717, 1.165) is 6.54 Å². The van der Waals surface area contributed by atoms with Crippen LogP contribution in [0.5, 0.6) is 0 Å². The van der Waals surface area contributed by atoms with Gasteiger partial charge in [0.05, 0.1) is 5.69 Å². The van der Waals surface area contributed by atoms with E-state index in [1.807, 2.05) is 18.3 Å². The van der Waals surface area contributed by atoms with Crippen LogP contribution in [0.1, 0.15) is 24.6 Å². The first-order chi connectivity index (χ1) is 5.47. The van der Waals surface area contributed by atoms with Crippen LogP contribution in [0.4, 0.5) is 0 Å². The molecule has 0 spiro atoms. The summed E-state index contributed by atoms with van der Waals surface area (Å²) in [5, 5.41) is 3.41. The van der Waals surface area contributed by atoms with Gasteiger partial charge in [0, 0.05) is 12.2 Å². The highest BCUT2D eigenvalue weighted by Gasteiger charge is 2.15. The molecule has 0 aromatic carbocycles. The van der Waals surface area contributed by atoms with E-state index >= 15 is 0 Å². The molecule has 1 fully saturated rings. The maximum absolute atomic E-state index is 4.30. The van der Waals surface area contributed by atoms with E-state index in [1.54, 1.807) is 0 Å². The molecule has 13 heavy (non-hydrogen) atoms. The molecule has 2 nitrogen and oxygen atoms in total. The van der Waals surface area contributed by atoms with Crippen molar-refractivity contribution in [2.45, 2.75) is 18.9 Å². The smallest absolute Gasteiger partial charge is 0.0573 e. The van der Waals surface area contributed by atoms with Gasteiger partial charge in [0.1, 0.15) is 0 Å². The number of rotatable bonds is 1. The second-order valence-electron chi connectivity index (χ2n) is 2.90. The molecule has 1 aromatic rings. The normalized spacial score (nSPS) is 20.2. The van der Waals surface area contributed by atoms with Gasteiger partial charge in [-0.2, -0.15) is 0 Å². The molecule has 1 aromatic heterocycles. The Morgan fingerprint density at radius 3 is 2.69 bits per heavy atom. The van der Waals surface area contributed by atoms with Crippen LogP contribution in [0.3, 0.4) is 0 Å². The highest BCUT2D eigenvalue weighted by atomic mass is 35.5. The minimum atomic E-state index is 0. The highest BCUT2D eigenvalue weighted by Crippen LogP contribution is 2.19. The summed E-state index contributed by atoms with van der Waals surface area (Å²) in [6.45, 7) is 1.14. The lowest BCUT2D eigenvalue weighted by Crippen LogP contribution is -2.13. The van der Waals surface area contributed by atoms with Gasteiger partial charge in [0.25, 0.3) is 0 Å². The standard InChI is InChI=1S/C9H12N2.2ClH/c1-2-6-10-8(4-1)9-5-3-7-11-9;;/h1-2,4,6,9,11H,3,5,7H2;2*1H/t9-;;/m0../s1. The predicted molar refractivity (Wildman–Crippen MR) is 58.7 cm³/mol. The van der Waals surface area contributed by atoms with Crippen molar-refractivity contribution in [1.29, 1.82) is 0 Å². The fourth-order valence-electron chi connectivity index (χ4n) is 1.52. The van der Waals surface area contributed by atoms with Gasteiger partial charge < -0.3 is 5.32 Å². The maximum Gasteiger partial charge on any atom is 0.0573 e. The largest absolute Gasteiger partial charge is 0.309 e. The molecule has 74 valence electrons. The zero-order chi connectivity index (χ0) is 7.52. The van der Waals surface area contributed by atoms with E-state index < -0.39 is 0 Å². The highest BCUT2D eigenvalue weighted by molar-refractivity contribution is 5.85. The molecule has 4 heteroatoms. The van der Waals surface area contributed by atoms with E-state index in [4.69, 9.17) is 0 Å². The lowest BCUT2D eigenvalue weighted by atomic mass is 10.1. The number of halogens is 2. The van der Waals surface area contributed by atoms with Crippen LogP contribution in [-0.4, -0.2) is 11.5 Å². The Morgan fingerprint density at radius 2 is 2.15 bits per heavy atom. The van der Waals surface area contributed by atoms with Crippen LogP contribution in [0.15, 0.2) is 24.4 Å². The third kappa shape index (κ3) is 3.14. The first-order valence-corrected chi connectivity index (χ1v) is 4.11. The maximum atomic E-state index is 4.30. The zero-order valence-corrected chi connectivity index (χ0v) is 8.90. The molecule has 1 aliphatic rings. The summed E-state index contributed by atoms with van der Waals surface area (Å²) in [5.41, 5.74) is 1.19. The second-order valence-corrected chi connectivity index (χ2v) is 2.90. The molecular weight excluding hydrogens is 207 g/mol. The van der Waals surface area contributed by atoms with Crippen LogP contribution >= 0.6 is 24.8 Å². The zero-order valence-electron chi connectivity index (χ0n) is 7.27.